The van der Waals surface area contributed by atoms with E-state index in [2.05, 4.69) is 17.1 Å². The number of amides is 2. The number of hydrogen-bond donors (Lipinski definition) is 1. The Balaban J connectivity index is 1.64. The van der Waals surface area contributed by atoms with Gasteiger partial charge in [0.05, 0.1) is 24.5 Å². The average molecular weight is 361 g/mol. The molecule has 0 saturated heterocycles. The van der Waals surface area contributed by atoms with Crippen molar-refractivity contribution in [2.75, 3.05) is 36.9 Å². The molecule has 3 rings (SSSR count). The number of halogens is 2. The predicted octanol–water partition coefficient (Wildman–Crippen LogP) is 3.72. The lowest BCUT2D eigenvalue weighted by molar-refractivity contribution is 0.150. The number of anilines is 2. The molecule has 1 heterocycles. The van der Waals surface area contributed by atoms with Crippen molar-refractivity contribution >= 4 is 17.4 Å². The van der Waals surface area contributed by atoms with Crippen LogP contribution in [0.5, 0.6) is 5.75 Å². The molecule has 1 aliphatic rings. The second kappa shape index (κ2) is 7.59. The molecule has 2 amide bonds. The van der Waals surface area contributed by atoms with Crippen molar-refractivity contribution < 1.29 is 18.3 Å². The largest absolute Gasteiger partial charge is 0.485 e. The molecule has 1 N–H and O–H groups in total. The fraction of sp³-hybridized carbons (Fsp3) is 0.316. The van der Waals surface area contributed by atoms with Gasteiger partial charge in [-0.2, -0.15) is 0 Å². The van der Waals surface area contributed by atoms with Crippen molar-refractivity contribution in [2.24, 2.45) is 0 Å². The number of carbonyl (C=O) groups is 1. The van der Waals surface area contributed by atoms with E-state index in [0.717, 1.165) is 30.1 Å². The molecule has 1 aliphatic heterocycles. The number of likely N-dealkylation sites (N-methyl/N-ethyl adjacent to an activating group) is 2. The Morgan fingerprint density at radius 3 is 2.81 bits per heavy atom. The zero-order valence-electron chi connectivity index (χ0n) is 14.7. The number of rotatable bonds is 4. The number of para-hydroxylation sites is 2. The lowest BCUT2D eigenvalue weighted by Crippen LogP contribution is -2.47. The van der Waals surface area contributed by atoms with E-state index in [1.54, 1.807) is 7.05 Å². The van der Waals surface area contributed by atoms with E-state index in [4.69, 9.17) is 4.74 Å². The normalized spacial score (nSPS) is 15.8. The van der Waals surface area contributed by atoms with E-state index in [-0.39, 0.29) is 11.8 Å². The highest BCUT2D eigenvalue weighted by Crippen LogP contribution is 2.32. The molecule has 2 aromatic carbocycles. The minimum absolute atomic E-state index is 0.0617. The van der Waals surface area contributed by atoms with Gasteiger partial charge in [-0.25, -0.2) is 13.6 Å². The maximum atomic E-state index is 13.7. The Kier molecular flexibility index (Phi) is 5.25. The highest BCUT2D eigenvalue weighted by atomic mass is 19.1. The van der Waals surface area contributed by atoms with Crippen molar-refractivity contribution in [1.29, 1.82) is 0 Å². The van der Waals surface area contributed by atoms with Crippen LogP contribution in [0.1, 0.15) is 6.92 Å². The predicted molar refractivity (Wildman–Crippen MR) is 96.8 cm³/mol. The summed E-state index contributed by atoms with van der Waals surface area (Å²) in [5.41, 5.74) is 0.972. The maximum Gasteiger partial charge on any atom is 0.321 e. The number of carbonyl (C=O) groups excluding carboxylic acids is 1. The van der Waals surface area contributed by atoms with Gasteiger partial charge in [-0.1, -0.05) is 12.1 Å². The van der Waals surface area contributed by atoms with Gasteiger partial charge in [0.25, 0.3) is 0 Å². The highest BCUT2D eigenvalue weighted by molar-refractivity contribution is 5.89. The molecule has 0 saturated carbocycles. The van der Waals surface area contributed by atoms with Crippen molar-refractivity contribution in [1.82, 2.24) is 4.90 Å². The first-order chi connectivity index (χ1) is 12.5. The van der Waals surface area contributed by atoms with Crippen LogP contribution in [0.4, 0.5) is 25.0 Å². The molecule has 0 aliphatic carbocycles. The molecule has 1 unspecified atom stereocenters. The fourth-order valence-electron chi connectivity index (χ4n) is 2.96. The van der Waals surface area contributed by atoms with Crippen molar-refractivity contribution in [3.63, 3.8) is 0 Å². The molecule has 0 spiro atoms. The van der Waals surface area contributed by atoms with Gasteiger partial charge in [0.15, 0.2) is 0 Å². The Labute approximate surface area is 151 Å². The minimum Gasteiger partial charge on any atom is -0.485 e. The number of hydrogen-bond acceptors (Lipinski definition) is 3. The molecule has 26 heavy (non-hydrogen) atoms. The SMILES string of the molecule is CCN1CC(CN(C)C(=O)Nc2ccc(F)cc2F)Oc2ccccc21. The second-order valence-corrected chi connectivity index (χ2v) is 6.18. The molecule has 0 aromatic heterocycles. The number of urea groups is 1. The van der Waals surface area contributed by atoms with E-state index >= 15 is 0 Å². The fourth-order valence-corrected chi connectivity index (χ4v) is 2.96. The third kappa shape index (κ3) is 3.87. The van der Waals surface area contributed by atoms with E-state index in [1.807, 2.05) is 24.3 Å². The monoisotopic (exact) mass is 361 g/mol. The summed E-state index contributed by atoms with van der Waals surface area (Å²) in [6.45, 7) is 3.87. The standard InChI is InChI=1S/C19H21F2N3O2/c1-3-24-12-14(26-18-7-5-4-6-17(18)24)11-23(2)19(25)22-16-9-8-13(20)10-15(16)21/h4-10,14H,3,11-12H2,1-2H3,(H,22,25). The van der Waals surface area contributed by atoms with Gasteiger partial charge in [0, 0.05) is 19.7 Å². The zero-order valence-corrected chi connectivity index (χ0v) is 14.7. The smallest absolute Gasteiger partial charge is 0.321 e. The first-order valence-corrected chi connectivity index (χ1v) is 8.45. The third-order valence-electron chi connectivity index (χ3n) is 4.30. The highest BCUT2D eigenvalue weighted by Gasteiger charge is 2.26. The van der Waals surface area contributed by atoms with Gasteiger partial charge in [-0.3, -0.25) is 0 Å². The molecule has 1 atom stereocenters. The Bertz CT molecular complexity index is 800. The summed E-state index contributed by atoms with van der Waals surface area (Å²) in [4.78, 5) is 15.9. The van der Waals surface area contributed by atoms with Crippen LogP contribution in [0.25, 0.3) is 0 Å². The summed E-state index contributed by atoms with van der Waals surface area (Å²) in [6.07, 6.45) is -0.210. The molecule has 0 bridgehead atoms. The Morgan fingerprint density at radius 2 is 2.08 bits per heavy atom. The van der Waals surface area contributed by atoms with Gasteiger partial charge in [0.2, 0.25) is 0 Å². The summed E-state index contributed by atoms with van der Waals surface area (Å²) >= 11 is 0. The lowest BCUT2D eigenvalue weighted by atomic mass is 10.2. The molecule has 5 nitrogen and oxygen atoms in total. The number of nitrogens with one attached hydrogen (secondary N) is 1. The Morgan fingerprint density at radius 1 is 1.31 bits per heavy atom. The first-order valence-electron chi connectivity index (χ1n) is 8.45. The van der Waals surface area contributed by atoms with E-state index in [9.17, 15) is 13.6 Å². The van der Waals surface area contributed by atoms with Crippen LogP contribution < -0.4 is 15.0 Å². The molecular formula is C19H21F2N3O2. The number of nitrogens with zero attached hydrogens (tertiary/aromatic N) is 2. The van der Waals surface area contributed by atoms with Gasteiger partial charge in [0.1, 0.15) is 23.5 Å². The molecule has 7 heteroatoms. The third-order valence-corrected chi connectivity index (χ3v) is 4.30. The topological polar surface area (TPSA) is 44.8 Å². The summed E-state index contributed by atoms with van der Waals surface area (Å²) < 4.78 is 32.6. The molecule has 2 aromatic rings. The van der Waals surface area contributed by atoms with Crippen LogP contribution in [0.2, 0.25) is 0 Å². The average Bonchev–Trinajstić information content (AvgIpc) is 2.63. The number of ether oxygens (including phenoxy) is 1. The van der Waals surface area contributed by atoms with Gasteiger partial charge < -0.3 is 19.9 Å². The van der Waals surface area contributed by atoms with Crippen LogP contribution in [0.3, 0.4) is 0 Å². The molecule has 0 fully saturated rings. The molecule has 0 radical (unpaired) electrons. The van der Waals surface area contributed by atoms with Crippen LogP contribution in [-0.2, 0) is 0 Å². The Hall–Kier alpha value is -2.83. The van der Waals surface area contributed by atoms with Crippen LogP contribution in [-0.4, -0.2) is 43.7 Å². The van der Waals surface area contributed by atoms with Crippen LogP contribution in [0.15, 0.2) is 42.5 Å². The van der Waals surface area contributed by atoms with E-state index in [1.165, 1.54) is 11.0 Å². The molecular weight excluding hydrogens is 340 g/mol. The first kappa shape index (κ1) is 18.0. The number of fused-ring (bicyclic) bond motifs is 1. The van der Waals surface area contributed by atoms with Crippen LogP contribution >= 0.6 is 0 Å². The summed E-state index contributed by atoms with van der Waals surface area (Å²) in [7, 11) is 1.61. The van der Waals surface area contributed by atoms with E-state index < -0.39 is 17.7 Å². The number of benzene rings is 2. The summed E-state index contributed by atoms with van der Waals surface area (Å²) in [5.74, 6) is -0.724. The second-order valence-electron chi connectivity index (χ2n) is 6.18. The van der Waals surface area contributed by atoms with Crippen molar-refractivity contribution in [2.45, 2.75) is 13.0 Å². The summed E-state index contributed by atoms with van der Waals surface area (Å²) in [5, 5.41) is 2.45. The van der Waals surface area contributed by atoms with Crippen LogP contribution in [0, 0.1) is 11.6 Å². The lowest BCUT2D eigenvalue weighted by Gasteiger charge is -2.37. The van der Waals surface area contributed by atoms with E-state index in [0.29, 0.717) is 13.1 Å². The van der Waals surface area contributed by atoms with Gasteiger partial charge >= 0.3 is 6.03 Å². The van der Waals surface area contributed by atoms with Crippen molar-refractivity contribution in [3.8, 4) is 5.75 Å². The van der Waals surface area contributed by atoms with Gasteiger partial charge in [-0.05, 0) is 31.2 Å². The maximum absolute atomic E-state index is 13.7. The summed E-state index contributed by atoms with van der Waals surface area (Å²) in [6, 6.07) is 10.3. The quantitative estimate of drug-likeness (QED) is 0.903. The van der Waals surface area contributed by atoms with Crippen molar-refractivity contribution in [3.05, 3.63) is 54.1 Å². The van der Waals surface area contributed by atoms with Gasteiger partial charge in [-0.15, -0.1) is 0 Å². The minimum atomic E-state index is -0.813. The molecule has 138 valence electrons. The zero-order chi connectivity index (χ0) is 18.7.